The lowest BCUT2D eigenvalue weighted by molar-refractivity contribution is 0.152. The van der Waals surface area contributed by atoms with E-state index in [9.17, 15) is 9.59 Å². The highest BCUT2D eigenvalue weighted by Crippen LogP contribution is 2.32. The fraction of sp³-hybridized carbons (Fsp3) is 0.543. The van der Waals surface area contributed by atoms with Crippen molar-refractivity contribution < 1.29 is 108 Å². The molecule has 0 bridgehead atoms. The molecule has 0 saturated heterocycles. The molecule has 0 aliphatic carbocycles. The van der Waals surface area contributed by atoms with Crippen LogP contribution in [0, 0.1) is 0 Å². The predicted octanol–water partition coefficient (Wildman–Crippen LogP) is 15.8. The van der Waals surface area contributed by atoms with Gasteiger partial charge in [-0.3, -0.25) is 0 Å². The molecule has 1 atom stereocenters. The zero-order chi connectivity index (χ0) is 111. The molecule has 7 rings (SSSR count). The average Bonchev–Trinajstić information content (AvgIpc) is 0.775. The zero-order valence-electron chi connectivity index (χ0n) is 97.4. The summed E-state index contributed by atoms with van der Waals surface area (Å²) in [6.45, 7) is 98.5. The Morgan fingerprint density at radius 1 is 0.154 bits per heavy atom. The summed E-state index contributed by atoms with van der Waals surface area (Å²) in [6, 6.07) is 71.3. The van der Waals surface area contributed by atoms with Crippen molar-refractivity contribution in [2.75, 3.05) is 0 Å². The average molecular weight is 2600 g/mol. The van der Waals surface area contributed by atoms with Crippen LogP contribution in [-0.4, -0.2) is 285 Å². The molecule has 0 spiro atoms. The lowest BCUT2D eigenvalue weighted by atomic mass is 10.4. The van der Waals surface area contributed by atoms with Crippen LogP contribution in [0.3, 0.4) is 0 Å². The van der Waals surface area contributed by atoms with Crippen LogP contribution < -0.4 is 36.3 Å². The first kappa shape index (κ1) is 153. The fourth-order valence-corrected chi connectivity index (χ4v) is 125. The van der Waals surface area contributed by atoms with E-state index in [1.807, 2.05) is 187 Å². The molecule has 0 aromatic heterocycles. The molecule has 57 heteroatoms. The van der Waals surface area contributed by atoms with Crippen LogP contribution in [0.4, 0.5) is 0 Å². The van der Waals surface area contributed by atoms with E-state index in [0.717, 1.165) is 31.1 Å². The summed E-state index contributed by atoms with van der Waals surface area (Å²) in [6.07, 6.45) is 0. The van der Waals surface area contributed by atoms with Crippen LogP contribution in [0.5, 0.6) is 0 Å². The summed E-state index contributed by atoms with van der Waals surface area (Å²) in [4.78, 5) is 20.7. The maximum Gasteiger partial charge on any atom is 0.644 e. The first-order chi connectivity index (χ1) is 66.9. The molecule has 26 nitrogen and oxygen atoms in total. The highest BCUT2D eigenvalue weighted by atomic mass is 29.3. The lowest BCUT2D eigenvalue weighted by Crippen LogP contribution is -2.72. The van der Waals surface area contributed by atoms with Crippen molar-refractivity contribution in [1.29, 1.82) is 0 Å². The summed E-state index contributed by atoms with van der Waals surface area (Å²) in [7, 11) is -61.1. The molecule has 0 radical (unpaired) electrons. The smallest absolute Gasteiger partial charge is 0.439 e. The molecule has 1 unspecified atom stereocenters. The highest BCUT2D eigenvalue weighted by Gasteiger charge is 2.61. The molecule has 7 aromatic carbocycles. The Morgan fingerprint density at radius 2 is 0.315 bits per heavy atom. The van der Waals surface area contributed by atoms with Crippen LogP contribution in [0.2, 0.25) is 301 Å². The molecule has 858 valence electrons. The standard InChI is InChI=1S/C22H44O5Si7.C20H38O5Si6.C18H44O6Si7.C12H26O3Si4.C10H20O3Si3.C6H22O4Si4.4CH4/c1-28(2)23-33(24-29(3)4,21-17-13-11-14-18-21)26-32(9,10)27-34(31(7)8,25-30(5)6)22-19-15-12-16-20-22;1-26(2)21-30(22-27(3)4,19-15-11-9-12-16-19)25-31(23-28(5)6,24-29(7)8)20-17-13-10-14-18-20;1-25(2)19-28(7,8)22-31(18-16-14-13-15-17-18,23-29(9,10)20-26(3)4)24-30(11,12)21-27(5)6;1-16(2)13-19(14-17(3)4,15-18(5)6)12-10-8-7-9-11-12;1-14(2)12-16(11,13-15(3)4)10-8-6-5-7-9-10;1-11(2)8-14(7,9-12(3)4)10-13(5)6;;;;/h11-20,28-31H,1-10H3;9-18,26-29H,1-8H3;13-17,25-27H,1-12H3;7-11,16-18H,1-6H3;5-9,11,14-15H,1-4H3;7,11-13H,1-6H3;4*1H4. The third-order valence-corrected chi connectivity index (χ3v) is 112. The van der Waals surface area contributed by atoms with Gasteiger partial charge < -0.3 is 108 Å². The van der Waals surface area contributed by atoms with Gasteiger partial charge >= 0.3 is 104 Å². The van der Waals surface area contributed by atoms with E-state index in [4.69, 9.17) is 98.8 Å². The number of rotatable bonds is 56. The van der Waals surface area contributed by atoms with E-state index >= 15 is 0 Å². The fourth-order valence-electron chi connectivity index (χ4n) is 15.2. The van der Waals surface area contributed by atoms with E-state index < -0.39 is 275 Å². The largest absolute Gasteiger partial charge is 0.644 e. The van der Waals surface area contributed by atoms with E-state index in [1.54, 1.807) is 0 Å². The minimum Gasteiger partial charge on any atom is -0.439 e. The summed E-state index contributed by atoms with van der Waals surface area (Å²) >= 11 is 0. The van der Waals surface area contributed by atoms with Crippen molar-refractivity contribution in [3.63, 3.8) is 0 Å². The van der Waals surface area contributed by atoms with Gasteiger partial charge in [0.1, 0.15) is 0 Å². The second-order valence-corrected chi connectivity index (χ2v) is 135. The Labute approximate surface area is 953 Å². The van der Waals surface area contributed by atoms with Crippen molar-refractivity contribution in [1.82, 2.24) is 0 Å². The van der Waals surface area contributed by atoms with Gasteiger partial charge in [0.2, 0.25) is 0 Å². The lowest BCUT2D eigenvalue weighted by Gasteiger charge is -2.45. The molecule has 0 fully saturated rings. The Bertz CT molecular complexity index is 4350. The molecule has 2 N–H and O–H groups in total. The molecule has 0 heterocycles. The van der Waals surface area contributed by atoms with Gasteiger partial charge in [-0.1, -0.05) is 255 Å². The van der Waals surface area contributed by atoms with Crippen LogP contribution in [0.1, 0.15) is 29.7 Å². The maximum atomic E-state index is 10.6. The van der Waals surface area contributed by atoms with Gasteiger partial charge in [-0.25, -0.2) is 0 Å². The summed E-state index contributed by atoms with van der Waals surface area (Å²) < 4.78 is 156. The van der Waals surface area contributed by atoms with E-state index in [-0.39, 0.29) is 29.7 Å². The van der Waals surface area contributed by atoms with Gasteiger partial charge in [-0.05, 0) is 293 Å². The third kappa shape index (κ3) is 59.8. The SMILES string of the molecule is C.C.C.C.C[SiH](C)O[Si](C)(C)O[Si](O[Si](C)(C)O[SiH](C)C)(O[Si](C)(C)O[SiH](C)C)c1ccccc1.C[SiH](C)O[Si](O)(O[SiH](C)C)O[SiH](C)C.C[SiH](C)O[Si](O)(O[SiH](C)C)c1ccccc1.C[SiH](C)O[Si](O[SiH](C)C)(O[SiH](C)C)c1ccccc1.C[SiH](C)O[Si](O[SiH](C)C)(O[Si](C)(C)O[Si](O[SiH](C)C)(c1ccccc1)[SiH](C)C)c1ccccc1.C[SiH](C)O[Si](O[SiH](C)C)(O[Si](O[SiH](C)C)(O[SiH](C)C)c1ccccc1)c1ccccc1. The second kappa shape index (κ2) is 73.4. The predicted molar refractivity (Wildman–Crippen MR) is 715 cm³/mol. The van der Waals surface area contributed by atoms with Crippen LogP contribution in [0.15, 0.2) is 212 Å². The van der Waals surface area contributed by atoms with E-state index in [0.29, 0.717) is 0 Å². The minimum atomic E-state index is -3.40. The number of hydrogen-bond donors (Lipinski definition) is 2. The van der Waals surface area contributed by atoms with Crippen molar-refractivity contribution >= 4 is 312 Å². The topological polar surface area (TPSA) is 262 Å². The third-order valence-electron chi connectivity index (χ3n) is 18.3. The summed E-state index contributed by atoms with van der Waals surface area (Å²) in [5.41, 5.74) is 0. The first-order valence-electron chi connectivity index (χ1n) is 52.2. The molecule has 0 aliphatic heterocycles. The van der Waals surface area contributed by atoms with Gasteiger partial charge in [0, 0.05) is 31.1 Å². The van der Waals surface area contributed by atoms with Crippen molar-refractivity contribution in [2.24, 2.45) is 0 Å². The molecule has 7 aromatic rings. The second-order valence-electron chi connectivity index (χ2n) is 42.5. The molecule has 0 aliphatic rings. The number of hydrogen-bond acceptors (Lipinski definition) is 26. The molecule has 149 heavy (non-hydrogen) atoms. The van der Waals surface area contributed by atoms with Gasteiger partial charge in [-0.2, -0.15) is 0 Å². The van der Waals surface area contributed by atoms with Crippen molar-refractivity contribution in [2.45, 2.75) is 331 Å². The Hall–Kier alpha value is 0.223. The van der Waals surface area contributed by atoms with Crippen LogP contribution >= 0.6 is 0 Å². The van der Waals surface area contributed by atoms with E-state index in [1.165, 1.54) is 5.19 Å². The van der Waals surface area contributed by atoms with Crippen LogP contribution in [-0.2, 0) is 98.8 Å². The number of benzene rings is 7. The molecule has 0 amide bonds. The summed E-state index contributed by atoms with van der Waals surface area (Å²) in [5, 5.41) is 7.15. The molecule has 0 saturated carbocycles. The normalized spacial score (nSPS) is 13.3. The van der Waals surface area contributed by atoms with E-state index in [2.05, 4.69) is 327 Å². The highest BCUT2D eigenvalue weighted by molar-refractivity contribution is 7.34. The molecular weight excluding hydrogens is 2390 g/mol. The van der Waals surface area contributed by atoms with Crippen molar-refractivity contribution in [3.8, 4) is 0 Å². The van der Waals surface area contributed by atoms with Crippen LogP contribution in [0.25, 0.3) is 0 Å². The Balaban J connectivity index is -0.00000175. The minimum absolute atomic E-state index is 0. The summed E-state index contributed by atoms with van der Waals surface area (Å²) in [5.74, 6) is 0. The van der Waals surface area contributed by atoms with Crippen molar-refractivity contribution in [3.05, 3.63) is 212 Å². The maximum absolute atomic E-state index is 10.6. The monoisotopic (exact) mass is 2600 g/mol. The quantitative estimate of drug-likeness (QED) is 0.0336. The van der Waals surface area contributed by atoms with Gasteiger partial charge in [0.15, 0.2) is 163 Å². The molecular formula is C92H210O26Si31. The Morgan fingerprint density at radius 3 is 0.510 bits per heavy atom. The van der Waals surface area contributed by atoms with Gasteiger partial charge in [-0.15, -0.1) is 0 Å². The Kier molecular flexibility index (Phi) is 75.5. The first-order valence-corrected chi connectivity index (χ1v) is 131. The zero-order valence-corrected chi connectivity index (χ0v) is 131. The van der Waals surface area contributed by atoms with Gasteiger partial charge in [0.05, 0.1) is 8.31 Å². The van der Waals surface area contributed by atoms with Gasteiger partial charge in [0.25, 0.3) is 0 Å².